The van der Waals surface area contributed by atoms with E-state index in [4.69, 9.17) is 26.4 Å². The predicted molar refractivity (Wildman–Crippen MR) is 87.2 cm³/mol. The zero-order valence-electron chi connectivity index (χ0n) is 12.1. The minimum absolute atomic E-state index is 0.193. The van der Waals surface area contributed by atoms with E-state index in [0.717, 1.165) is 0 Å². The van der Waals surface area contributed by atoms with Crippen LogP contribution in [0.5, 0.6) is 17.2 Å². The number of benzene rings is 1. The van der Waals surface area contributed by atoms with Gasteiger partial charge >= 0.3 is 5.97 Å². The highest BCUT2D eigenvalue weighted by Crippen LogP contribution is 2.40. The average Bonchev–Trinajstić information content (AvgIpc) is 2.77. The molecule has 116 valence electrons. The van der Waals surface area contributed by atoms with Crippen LogP contribution in [0.3, 0.4) is 0 Å². The van der Waals surface area contributed by atoms with Gasteiger partial charge < -0.3 is 19.5 Å². The van der Waals surface area contributed by atoms with Gasteiger partial charge in [0.2, 0.25) is 5.75 Å². The third kappa shape index (κ3) is 3.58. The van der Waals surface area contributed by atoms with Crippen LogP contribution in [0.4, 0.5) is 0 Å². The summed E-state index contributed by atoms with van der Waals surface area (Å²) >= 11 is 6.11. The third-order valence-corrected chi connectivity index (χ3v) is 3.83. The lowest BCUT2D eigenvalue weighted by molar-refractivity contribution is -0.132. The first-order valence-electron chi connectivity index (χ1n) is 6.14. The maximum absolute atomic E-state index is 11.7. The monoisotopic (exact) mass is 339 g/mol. The molecular weight excluding hydrogens is 326 g/mol. The minimum Gasteiger partial charge on any atom is -0.493 e. The molecule has 1 heterocycles. The Morgan fingerprint density at radius 2 is 1.86 bits per heavy atom. The number of hydrogen-bond donors (Lipinski definition) is 1. The van der Waals surface area contributed by atoms with Crippen molar-refractivity contribution in [3.8, 4) is 17.2 Å². The van der Waals surface area contributed by atoms with E-state index in [2.05, 4.69) is 5.32 Å². The minimum atomic E-state index is -0.487. The number of amides is 1. The lowest BCUT2D eigenvalue weighted by Gasteiger charge is -2.13. The van der Waals surface area contributed by atoms with Crippen LogP contribution in [-0.4, -0.2) is 30.4 Å². The molecule has 6 nitrogen and oxygen atoms in total. The Hall–Kier alpha value is -2.06. The highest BCUT2D eigenvalue weighted by Gasteiger charge is 2.23. The molecule has 0 radical (unpaired) electrons. The number of esters is 1. The van der Waals surface area contributed by atoms with Crippen LogP contribution < -0.4 is 19.5 Å². The van der Waals surface area contributed by atoms with Crippen LogP contribution >= 0.6 is 24.0 Å². The molecule has 1 aliphatic rings. The molecule has 0 atom stereocenters. The number of rotatable bonds is 4. The first-order chi connectivity index (χ1) is 10.4. The predicted octanol–water partition coefficient (Wildman–Crippen LogP) is 2.12. The van der Waals surface area contributed by atoms with E-state index < -0.39 is 5.97 Å². The van der Waals surface area contributed by atoms with Crippen molar-refractivity contribution in [2.75, 3.05) is 14.2 Å². The number of thioether (sulfide) groups is 1. The summed E-state index contributed by atoms with van der Waals surface area (Å²) in [5.41, 5.74) is 0.659. The molecule has 0 aliphatic carbocycles. The van der Waals surface area contributed by atoms with Crippen LogP contribution in [-0.2, 0) is 9.59 Å². The normalized spacial score (nSPS) is 15.7. The van der Waals surface area contributed by atoms with Crippen LogP contribution in [0.1, 0.15) is 12.5 Å². The van der Waals surface area contributed by atoms with Gasteiger partial charge in [-0.3, -0.25) is 9.59 Å². The van der Waals surface area contributed by atoms with Gasteiger partial charge in [0.05, 0.1) is 19.1 Å². The largest absolute Gasteiger partial charge is 0.493 e. The van der Waals surface area contributed by atoms with Gasteiger partial charge in [0.15, 0.2) is 11.5 Å². The quantitative estimate of drug-likeness (QED) is 0.390. The Morgan fingerprint density at radius 3 is 2.27 bits per heavy atom. The van der Waals surface area contributed by atoms with Gasteiger partial charge in [-0.2, -0.15) is 0 Å². The second kappa shape index (κ2) is 6.80. The fraction of sp³-hybridized carbons (Fsp3) is 0.214. The Morgan fingerprint density at radius 1 is 1.27 bits per heavy atom. The first-order valence-corrected chi connectivity index (χ1v) is 7.36. The van der Waals surface area contributed by atoms with Crippen molar-refractivity contribution in [3.05, 3.63) is 22.6 Å². The molecule has 8 heteroatoms. The smallest absolute Gasteiger partial charge is 0.308 e. The molecule has 1 saturated heterocycles. The molecule has 1 aromatic carbocycles. The van der Waals surface area contributed by atoms with E-state index in [0.29, 0.717) is 26.3 Å². The highest BCUT2D eigenvalue weighted by atomic mass is 32.2. The zero-order chi connectivity index (χ0) is 16.3. The second-order valence-electron chi connectivity index (χ2n) is 4.20. The Kier molecular flexibility index (Phi) is 5.04. The molecule has 0 aromatic heterocycles. The molecule has 0 bridgehead atoms. The van der Waals surface area contributed by atoms with Gasteiger partial charge in [0, 0.05) is 6.92 Å². The van der Waals surface area contributed by atoms with Crippen LogP contribution in [0.15, 0.2) is 17.0 Å². The maximum atomic E-state index is 11.7. The lowest BCUT2D eigenvalue weighted by Crippen LogP contribution is -2.17. The highest BCUT2D eigenvalue weighted by molar-refractivity contribution is 8.26. The van der Waals surface area contributed by atoms with Gasteiger partial charge in [-0.25, -0.2) is 0 Å². The van der Waals surface area contributed by atoms with Gasteiger partial charge in [-0.05, 0) is 23.8 Å². The number of methoxy groups -OCH3 is 2. The van der Waals surface area contributed by atoms with E-state index in [1.165, 1.54) is 32.9 Å². The van der Waals surface area contributed by atoms with Crippen molar-refractivity contribution in [3.63, 3.8) is 0 Å². The van der Waals surface area contributed by atoms with Gasteiger partial charge in [-0.15, -0.1) is 0 Å². The fourth-order valence-electron chi connectivity index (χ4n) is 1.80. The molecule has 1 aromatic rings. The fourth-order valence-corrected chi connectivity index (χ4v) is 2.84. The molecule has 1 amide bonds. The molecule has 1 fully saturated rings. The van der Waals surface area contributed by atoms with E-state index in [-0.39, 0.29) is 11.7 Å². The Bertz CT molecular complexity index is 659. The number of carbonyl (C=O) groups excluding carboxylic acids is 2. The van der Waals surface area contributed by atoms with E-state index >= 15 is 0 Å². The van der Waals surface area contributed by atoms with Crippen molar-refractivity contribution >= 4 is 46.3 Å². The lowest BCUT2D eigenvalue weighted by atomic mass is 10.1. The zero-order valence-corrected chi connectivity index (χ0v) is 13.7. The molecule has 22 heavy (non-hydrogen) atoms. The van der Waals surface area contributed by atoms with Crippen LogP contribution in [0, 0.1) is 0 Å². The summed E-state index contributed by atoms with van der Waals surface area (Å²) in [5.74, 6) is 0.106. The molecule has 0 unspecified atom stereocenters. The average molecular weight is 339 g/mol. The molecule has 0 saturated carbocycles. The number of ether oxygens (including phenoxy) is 3. The van der Waals surface area contributed by atoms with E-state index in [1.807, 2.05) is 0 Å². The van der Waals surface area contributed by atoms with Crippen molar-refractivity contribution in [1.29, 1.82) is 0 Å². The van der Waals surface area contributed by atoms with E-state index in [9.17, 15) is 9.59 Å². The molecule has 0 spiro atoms. The SMILES string of the molecule is COc1cc(/C=C2/SC(=S)NC2=O)cc(OC)c1OC(C)=O. The summed E-state index contributed by atoms with van der Waals surface area (Å²) in [6.45, 7) is 1.29. The summed E-state index contributed by atoms with van der Waals surface area (Å²) in [4.78, 5) is 23.3. The summed E-state index contributed by atoms with van der Waals surface area (Å²) in [6, 6.07) is 3.28. The van der Waals surface area contributed by atoms with E-state index in [1.54, 1.807) is 18.2 Å². The first kappa shape index (κ1) is 16.3. The molecule has 1 aliphatic heterocycles. The third-order valence-electron chi connectivity index (χ3n) is 2.67. The van der Waals surface area contributed by atoms with Crippen molar-refractivity contribution in [2.45, 2.75) is 6.92 Å². The Labute approximate surface area is 136 Å². The molecule has 1 N–H and O–H groups in total. The molecule has 2 rings (SSSR count). The standard InChI is InChI=1S/C14H13NO5S2/c1-7(16)20-12-9(18-2)4-8(5-10(12)19-3)6-11-13(17)15-14(21)22-11/h4-6H,1-3H3,(H,15,17,21)/b11-6+. The Balaban J connectivity index is 2.46. The maximum Gasteiger partial charge on any atom is 0.308 e. The van der Waals surface area contributed by atoms with Crippen molar-refractivity contribution in [1.82, 2.24) is 5.32 Å². The number of hydrogen-bond acceptors (Lipinski definition) is 7. The number of carbonyl (C=O) groups is 2. The van der Waals surface area contributed by atoms with Gasteiger partial charge in [0.1, 0.15) is 4.32 Å². The second-order valence-corrected chi connectivity index (χ2v) is 5.92. The van der Waals surface area contributed by atoms with Gasteiger partial charge in [0.25, 0.3) is 5.91 Å². The summed E-state index contributed by atoms with van der Waals surface area (Å²) in [5, 5.41) is 2.54. The van der Waals surface area contributed by atoms with Crippen LogP contribution in [0.2, 0.25) is 0 Å². The summed E-state index contributed by atoms with van der Waals surface area (Å²) in [7, 11) is 2.90. The topological polar surface area (TPSA) is 73.9 Å². The number of thiocarbonyl (C=S) groups is 1. The van der Waals surface area contributed by atoms with Gasteiger partial charge in [-0.1, -0.05) is 24.0 Å². The summed E-state index contributed by atoms with van der Waals surface area (Å²) in [6.07, 6.45) is 1.65. The van der Waals surface area contributed by atoms with Crippen molar-refractivity contribution < 1.29 is 23.8 Å². The number of nitrogens with one attached hydrogen (secondary N) is 1. The summed E-state index contributed by atoms with van der Waals surface area (Å²) < 4.78 is 16.0. The van der Waals surface area contributed by atoms with Crippen molar-refractivity contribution in [2.24, 2.45) is 0 Å². The molecular formula is C14H13NO5S2. The van der Waals surface area contributed by atoms with Crippen LogP contribution in [0.25, 0.3) is 6.08 Å².